The molecule has 1 saturated carbocycles. The van der Waals surface area contributed by atoms with E-state index in [1.165, 1.54) is 50.4 Å². The van der Waals surface area contributed by atoms with Crippen LogP contribution >= 0.6 is 0 Å². The number of ether oxygens (including phenoxy) is 1. The molecule has 0 aromatic carbocycles. The van der Waals surface area contributed by atoms with E-state index in [1.807, 2.05) is 0 Å². The molecule has 1 aliphatic carbocycles. The number of fused-ring (bicyclic) bond motifs is 1. The monoisotopic (exact) mass is 404 g/mol. The summed E-state index contributed by atoms with van der Waals surface area (Å²) in [5.41, 5.74) is 1.19. The van der Waals surface area contributed by atoms with E-state index in [0.29, 0.717) is 41.3 Å². The van der Waals surface area contributed by atoms with Crippen molar-refractivity contribution in [2.75, 3.05) is 11.9 Å². The van der Waals surface area contributed by atoms with Crippen molar-refractivity contribution in [3.05, 3.63) is 24.7 Å². The number of aromatic amines is 2. The Hall–Kier alpha value is -2.79. The fourth-order valence-electron chi connectivity index (χ4n) is 3.31. The van der Waals surface area contributed by atoms with Gasteiger partial charge in [-0.15, -0.1) is 0 Å². The molecule has 0 saturated heterocycles. The van der Waals surface area contributed by atoms with Gasteiger partial charge < -0.3 is 9.72 Å². The van der Waals surface area contributed by atoms with Crippen LogP contribution < -0.4 is 20.2 Å². The summed E-state index contributed by atoms with van der Waals surface area (Å²) in [5.74, 6) is 1.90. The van der Waals surface area contributed by atoms with Crippen LogP contribution in [0.25, 0.3) is 11.2 Å². The number of sulfonamides is 1. The van der Waals surface area contributed by atoms with Crippen LogP contribution in [0.4, 0.5) is 11.8 Å². The Kier molecular flexibility index (Phi) is 5.09. The molecule has 0 unspecified atom stereocenters. The molecule has 1 aliphatic rings. The SMILES string of the molecule is NS(=O)(=O)c1ccc(Nc2nc3nc[nH]c3c(OCC3CCCCC3)[nH+]2)nc1. The van der Waals surface area contributed by atoms with Gasteiger partial charge in [0.2, 0.25) is 10.0 Å². The smallest absolute Gasteiger partial charge is 0.400 e. The summed E-state index contributed by atoms with van der Waals surface area (Å²) in [4.78, 5) is 18.7. The molecule has 10 nitrogen and oxygen atoms in total. The number of nitrogens with one attached hydrogen (secondary N) is 3. The van der Waals surface area contributed by atoms with Crippen molar-refractivity contribution in [3.63, 3.8) is 0 Å². The maximum Gasteiger partial charge on any atom is 0.400 e. The predicted octanol–water partition coefficient (Wildman–Crippen LogP) is 1.52. The second-order valence-corrected chi connectivity index (χ2v) is 8.44. The van der Waals surface area contributed by atoms with E-state index in [0.717, 1.165) is 0 Å². The molecular weight excluding hydrogens is 382 g/mol. The number of imidazole rings is 1. The van der Waals surface area contributed by atoms with E-state index < -0.39 is 10.0 Å². The quantitative estimate of drug-likeness (QED) is 0.563. The van der Waals surface area contributed by atoms with E-state index in [1.54, 1.807) is 6.33 Å². The van der Waals surface area contributed by atoms with Crippen LogP contribution in [0, 0.1) is 5.92 Å². The van der Waals surface area contributed by atoms with Crippen LogP contribution in [-0.4, -0.2) is 35.0 Å². The van der Waals surface area contributed by atoms with E-state index in [2.05, 4.69) is 30.2 Å². The number of aromatic nitrogens is 5. The molecule has 5 N–H and O–H groups in total. The molecule has 28 heavy (non-hydrogen) atoms. The van der Waals surface area contributed by atoms with E-state index in [-0.39, 0.29) is 4.90 Å². The summed E-state index contributed by atoms with van der Waals surface area (Å²) in [5, 5.41) is 8.09. The molecule has 0 bridgehead atoms. The molecule has 0 aliphatic heterocycles. The Morgan fingerprint density at radius 1 is 1.25 bits per heavy atom. The molecule has 11 heteroatoms. The highest BCUT2D eigenvalue weighted by molar-refractivity contribution is 7.89. The molecule has 4 rings (SSSR count). The Morgan fingerprint density at radius 2 is 2.07 bits per heavy atom. The Bertz CT molecular complexity index is 1060. The van der Waals surface area contributed by atoms with Gasteiger partial charge in [0, 0.05) is 0 Å². The highest BCUT2D eigenvalue weighted by atomic mass is 32.2. The number of primary sulfonamides is 1. The Labute approximate surface area is 162 Å². The summed E-state index contributed by atoms with van der Waals surface area (Å²) in [7, 11) is -3.79. The molecule has 0 atom stereocenters. The van der Waals surface area contributed by atoms with Crippen molar-refractivity contribution in [3.8, 4) is 5.88 Å². The van der Waals surface area contributed by atoms with Crippen molar-refractivity contribution in [1.82, 2.24) is 19.9 Å². The van der Waals surface area contributed by atoms with Crippen molar-refractivity contribution in [1.29, 1.82) is 0 Å². The number of hydrogen-bond acceptors (Lipinski definition) is 7. The lowest BCUT2D eigenvalue weighted by Crippen LogP contribution is -2.22. The Morgan fingerprint density at radius 3 is 2.79 bits per heavy atom. The third-order valence-electron chi connectivity index (χ3n) is 4.80. The van der Waals surface area contributed by atoms with Crippen molar-refractivity contribution in [2.45, 2.75) is 37.0 Å². The standard InChI is InChI=1S/C17H21N7O3S/c18-28(25,26)12-6-7-13(19-8-12)22-17-23-15-14(20-10-21-15)16(24-17)27-9-11-4-2-1-3-5-11/h6-8,10-11H,1-5,9H2,(H2,18,25,26)(H2,19,20,21,22,23,24)/p+1. The summed E-state index contributed by atoms with van der Waals surface area (Å²) < 4.78 is 28.7. The van der Waals surface area contributed by atoms with Gasteiger partial charge in [0.1, 0.15) is 4.90 Å². The molecule has 0 spiro atoms. The molecule has 3 aromatic heterocycles. The number of rotatable bonds is 6. The summed E-state index contributed by atoms with van der Waals surface area (Å²) in [6.45, 7) is 0.634. The first-order valence-electron chi connectivity index (χ1n) is 9.14. The fraction of sp³-hybridized carbons (Fsp3) is 0.412. The van der Waals surface area contributed by atoms with Gasteiger partial charge in [-0.25, -0.2) is 33.8 Å². The van der Waals surface area contributed by atoms with Gasteiger partial charge in [-0.05, 0) is 35.9 Å². The van der Waals surface area contributed by atoms with Gasteiger partial charge >= 0.3 is 5.95 Å². The first-order valence-corrected chi connectivity index (χ1v) is 10.7. The van der Waals surface area contributed by atoms with Crippen molar-refractivity contribution < 1.29 is 18.1 Å². The maximum atomic E-state index is 11.3. The zero-order chi connectivity index (χ0) is 19.6. The number of H-pyrrole nitrogens is 2. The second kappa shape index (κ2) is 7.68. The lowest BCUT2D eigenvalue weighted by molar-refractivity contribution is -0.380. The van der Waals surface area contributed by atoms with Crippen molar-refractivity contribution >= 4 is 33.0 Å². The minimum atomic E-state index is -3.79. The van der Waals surface area contributed by atoms with Crippen LogP contribution in [0.5, 0.6) is 5.88 Å². The van der Waals surface area contributed by atoms with Gasteiger partial charge in [0.25, 0.3) is 11.5 Å². The van der Waals surface area contributed by atoms with E-state index in [9.17, 15) is 8.42 Å². The molecule has 148 valence electrons. The fourth-order valence-corrected chi connectivity index (χ4v) is 3.77. The van der Waals surface area contributed by atoms with Gasteiger partial charge in [0.15, 0.2) is 11.3 Å². The second-order valence-electron chi connectivity index (χ2n) is 6.88. The molecule has 3 heterocycles. The Balaban J connectivity index is 1.54. The number of nitrogens with two attached hydrogens (primary N) is 1. The number of hydrogen-bond donors (Lipinski definition) is 3. The van der Waals surface area contributed by atoms with Crippen LogP contribution in [0.3, 0.4) is 0 Å². The number of nitrogens with zero attached hydrogens (tertiary/aromatic N) is 3. The predicted molar refractivity (Wildman–Crippen MR) is 101 cm³/mol. The highest BCUT2D eigenvalue weighted by Gasteiger charge is 2.20. The zero-order valence-electron chi connectivity index (χ0n) is 15.2. The lowest BCUT2D eigenvalue weighted by Gasteiger charge is -2.21. The lowest BCUT2D eigenvalue weighted by atomic mass is 9.90. The van der Waals surface area contributed by atoms with Crippen molar-refractivity contribution in [2.24, 2.45) is 11.1 Å². The number of anilines is 2. The highest BCUT2D eigenvalue weighted by Crippen LogP contribution is 2.25. The normalized spacial score (nSPS) is 15.6. The maximum absolute atomic E-state index is 11.3. The topological polar surface area (TPSA) is 150 Å². The molecule has 0 radical (unpaired) electrons. The summed E-state index contributed by atoms with van der Waals surface area (Å²) in [6, 6.07) is 2.88. The molecule has 0 amide bonds. The minimum absolute atomic E-state index is 0.0609. The van der Waals surface area contributed by atoms with Crippen LogP contribution in [0.1, 0.15) is 32.1 Å². The van der Waals surface area contributed by atoms with Gasteiger partial charge in [-0.2, -0.15) is 0 Å². The largest absolute Gasteiger partial charge is 0.466 e. The number of pyridine rings is 1. The molecular formula is C17H22N7O3S+. The molecule has 3 aromatic rings. The van der Waals surface area contributed by atoms with Gasteiger partial charge in [-0.3, -0.25) is 0 Å². The van der Waals surface area contributed by atoms with Crippen LogP contribution in [0.15, 0.2) is 29.6 Å². The van der Waals surface area contributed by atoms with E-state index in [4.69, 9.17) is 9.88 Å². The first-order chi connectivity index (χ1) is 13.5. The average molecular weight is 404 g/mol. The van der Waals surface area contributed by atoms with Gasteiger partial charge in [0.05, 0.1) is 19.1 Å². The first kappa shape index (κ1) is 18.6. The zero-order valence-corrected chi connectivity index (χ0v) is 16.0. The van der Waals surface area contributed by atoms with E-state index >= 15 is 0 Å². The van der Waals surface area contributed by atoms with Gasteiger partial charge in [-0.1, -0.05) is 19.3 Å². The molecule has 1 fully saturated rings. The third-order valence-corrected chi connectivity index (χ3v) is 5.69. The summed E-state index contributed by atoms with van der Waals surface area (Å²) in [6.07, 6.45) is 8.91. The summed E-state index contributed by atoms with van der Waals surface area (Å²) >= 11 is 0. The van der Waals surface area contributed by atoms with Crippen LogP contribution in [0.2, 0.25) is 0 Å². The third kappa shape index (κ3) is 4.20. The minimum Gasteiger partial charge on any atom is -0.466 e. The van der Waals surface area contributed by atoms with Crippen LogP contribution in [-0.2, 0) is 10.0 Å². The average Bonchev–Trinajstić information content (AvgIpc) is 3.15.